The smallest absolute Gasteiger partial charge is 0.230 e. The van der Waals surface area contributed by atoms with Crippen LogP contribution in [0.5, 0.6) is 5.75 Å². The van der Waals surface area contributed by atoms with Crippen LogP contribution in [0.2, 0.25) is 0 Å². The van der Waals surface area contributed by atoms with Crippen LogP contribution in [0, 0.1) is 0 Å². The molecule has 0 aliphatic rings. The SMILES string of the molecule is O=c1c(O)c(Br)sc2ccccc12. The zero-order valence-electron chi connectivity index (χ0n) is 6.45. The molecule has 0 amide bonds. The van der Waals surface area contributed by atoms with Crippen molar-refractivity contribution in [3.63, 3.8) is 0 Å². The lowest BCUT2D eigenvalue weighted by Gasteiger charge is -1.98. The van der Waals surface area contributed by atoms with Crippen LogP contribution in [0.25, 0.3) is 10.1 Å². The number of benzene rings is 1. The van der Waals surface area contributed by atoms with Gasteiger partial charge in [0.1, 0.15) is 3.79 Å². The molecule has 0 saturated carbocycles. The van der Waals surface area contributed by atoms with Crippen molar-refractivity contribution in [1.82, 2.24) is 0 Å². The zero-order chi connectivity index (χ0) is 9.42. The Bertz CT molecular complexity index is 518. The highest BCUT2D eigenvalue weighted by Gasteiger charge is 2.07. The highest BCUT2D eigenvalue weighted by atomic mass is 79.9. The average molecular weight is 257 g/mol. The van der Waals surface area contributed by atoms with Crippen molar-refractivity contribution in [3.8, 4) is 5.75 Å². The molecule has 0 fully saturated rings. The van der Waals surface area contributed by atoms with Gasteiger partial charge in [0.15, 0.2) is 5.75 Å². The first-order chi connectivity index (χ1) is 6.20. The highest BCUT2D eigenvalue weighted by Crippen LogP contribution is 2.30. The minimum absolute atomic E-state index is 0.205. The predicted octanol–water partition coefficient (Wildman–Crippen LogP) is 2.73. The topological polar surface area (TPSA) is 37.3 Å². The van der Waals surface area contributed by atoms with Gasteiger partial charge in [-0.3, -0.25) is 4.79 Å². The molecule has 1 aromatic heterocycles. The number of rotatable bonds is 0. The summed E-state index contributed by atoms with van der Waals surface area (Å²) < 4.78 is 1.35. The minimum Gasteiger partial charge on any atom is -0.503 e. The third-order valence-corrected chi connectivity index (χ3v) is 3.54. The fourth-order valence-corrected chi connectivity index (χ4v) is 2.61. The van der Waals surface area contributed by atoms with Gasteiger partial charge in [-0.05, 0) is 28.1 Å². The lowest BCUT2D eigenvalue weighted by Crippen LogP contribution is -1.99. The molecule has 1 N–H and O–H groups in total. The van der Waals surface area contributed by atoms with Crippen molar-refractivity contribution < 1.29 is 5.11 Å². The molecule has 0 radical (unpaired) electrons. The summed E-state index contributed by atoms with van der Waals surface area (Å²) in [7, 11) is 0. The number of hydrogen-bond acceptors (Lipinski definition) is 3. The Morgan fingerprint density at radius 1 is 1.31 bits per heavy atom. The van der Waals surface area contributed by atoms with Crippen LogP contribution in [0.3, 0.4) is 0 Å². The van der Waals surface area contributed by atoms with E-state index in [1.54, 1.807) is 12.1 Å². The van der Waals surface area contributed by atoms with Crippen LogP contribution >= 0.6 is 27.3 Å². The van der Waals surface area contributed by atoms with Crippen molar-refractivity contribution >= 4 is 37.4 Å². The van der Waals surface area contributed by atoms with Gasteiger partial charge in [-0.1, -0.05) is 12.1 Å². The Balaban J connectivity index is 3.03. The number of fused-ring (bicyclic) bond motifs is 1. The summed E-state index contributed by atoms with van der Waals surface area (Å²) in [6.07, 6.45) is 0. The minimum atomic E-state index is -0.318. The Labute approximate surface area is 86.6 Å². The summed E-state index contributed by atoms with van der Waals surface area (Å²) in [5, 5.41) is 9.92. The molecular weight excluding hydrogens is 252 g/mol. The summed E-state index contributed by atoms with van der Waals surface area (Å²) in [4.78, 5) is 11.5. The molecule has 1 aromatic carbocycles. The van der Waals surface area contributed by atoms with Crippen molar-refractivity contribution in [2.24, 2.45) is 0 Å². The van der Waals surface area contributed by atoms with Gasteiger partial charge in [-0.2, -0.15) is 0 Å². The number of hydrogen-bond donors (Lipinski definition) is 1. The third-order valence-electron chi connectivity index (χ3n) is 1.73. The quantitative estimate of drug-likeness (QED) is 0.787. The second-order valence-electron chi connectivity index (χ2n) is 2.55. The van der Waals surface area contributed by atoms with E-state index < -0.39 is 0 Å². The standard InChI is InChI=1S/C9H5BrO2S/c10-9-8(12)7(11)5-3-1-2-4-6(5)13-9/h1-4,12H. The van der Waals surface area contributed by atoms with E-state index in [1.165, 1.54) is 11.3 Å². The van der Waals surface area contributed by atoms with Crippen LogP contribution in [-0.4, -0.2) is 5.11 Å². The molecule has 0 spiro atoms. The highest BCUT2D eigenvalue weighted by molar-refractivity contribution is 9.11. The maximum absolute atomic E-state index is 11.5. The summed E-state index contributed by atoms with van der Waals surface area (Å²) in [5.74, 6) is -0.205. The van der Waals surface area contributed by atoms with E-state index in [4.69, 9.17) is 0 Å². The van der Waals surface area contributed by atoms with Crippen LogP contribution < -0.4 is 5.43 Å². The van der Waals surface area contributed by atoms with Gasteiger partial charge in [0.2, 0.25) is 5.43 Å². The van der Waals surface area contributed by atoms with Crippen molar-refractivity contribution in [3.05, 3.63) is 38.3 Å². The van der Waals surface area contributed by atoms with E-state index in [0.29, 0.717) is 9.17 Å². The Hall–Kier alpha value is -0.870. The third kappa shape index (κ3) is 1.36. The van der Waals surface area contributed by atoms with Gasteiger partial charge in [-0.25, -0.2) is 0 Å². The lowest BCUT2D eigenvalue weighted by molar-refractivity contribution is 0.470. The van der Waals surface area contributed by atoms with Crippen LogP contribution in [-0.2, 0) is 0 Å². The van der Waals surface area contributed by atoms with Crippen LogP contribution in [0.4, 0.5) is 0 Å². The Morgan fingerprint density at radius 2 is 2.00 bits per heavy atom. The molecule has 13 heavy (non-hydrogen) atoms. The molecule has 0 unspecified atom stereocenters. The first-order valence-electron chi connectivity index (χ1n) is 3.60. The van der Waals surface area contributed by atoms with Gasteiger partial charge in [0.05, 0.1) is 0 Å². The lowest BCUT2D eigenvalue weighted by atomic mass is 10.2. The van der Waals surface area contributed by atoms with Crippen molar-refractivity contribution in [1.29, 1.82) is 0 Å². The maximum Gasteiger partial charge on any atom is 0.230 e. The van der Waals surface area contributed by atoms with E-state index in [-0.39, 0.29) is 11.2 Å². The summed E-state index contributed by atoms with van der Waals surface area (Å²) >= 11 is 4.48. The van der Waals surface area contributed by atoms with E-state index in [1.807, 2.05) is 12.1 Å². The molecule has 66 valence electrons. The van der Waals surface area contributed by atoms with E-state index in [0.717, 1.165) is 4.70 Å². The molecule has 2 rings (SSSR count). The van der Waals surface area contributed by atoms with Gasteiger partial charge in [0.25, 0.3) is 0 Å². The average Bonchev–Trinajstić information content (AvgIpc) is 2.15. The molecular formula is C9H5BrO2S. The van der Waals surface area contributed by atoms with Crippen LogP contribution in [0.1, 0.15) is 0 Å². The normalized spacial score (nSPS) is 10.5. The fraction of sp³-hybridized carbons (Fsp3) is 0. The second-order valence-corrected chi connectivity index (χ2v) is 4.92. The monoisotopic (exact) mass is 256 g/mol. The Morgan fingerprint density at radius 3 is 2.77 bits per heavy atom. The molecule has 2 aromatic rings. The van der Waals surface area contributed by atoms with E-state index >= 15 is 0 Å². The van der Waals surface area contributed by atoms with Crippen LogP contribution in [0.15, 0.2) is 32.8 Å². The molecule has 0 aliphatic heterocycles. The number of halogens is 1. The zero-order valence-corrected chi connectivity index (χ0v) is 8.85. The van der Waals surface area contributed by atoms with Gasteiger partial charge in [0, 0.05) is 10.1 Å². The molecule has 0 bridgehead atoms. The molecule has 0 aliphatic carbocycles. The predicted molar refractivity (Wildman–Crippen MR) is 57.5 cm³/mol. The molecule has 0 saturated heterocycles. The van der Waals surface area contributed by atoms with E-state index in [9.17, 15) is 9.90 Å². The van der Waals surface area contributed by atoms with Gasteiger partial charge < -0.3 is 5.11 Å². The Kier molecular flexibility index (Phi) is 2.09. The summed E-state index contributed by atoms with van der Waals surface area (Å²) in [5.41, 5.74) is -0.318. The summed E-state index contributed by atoms with van der Waals surface area (Å²) in [6.45, 7) is 0. The van der Waals surface area contributed by atoms with Gasteiger partial charge in [-0.15, -0.1) is 11.3 Å². The molecule has 0 atom stereocenters. The fourth-order valence-electron chi connectivity index (χ4n) is 1.10. The maximum atomic E-state index is 11.5. The van der Waals surface area contributed by atoms with Gasteiger partial charge >= 0.3 is 0 Å². The molecule has 2 nitrogen and oxygen atoms in total. The van der Waals surface area contributed by atoms with Crippen molar-refractivity contribution in [2.45, 2.75) is 0 Å². The van der Waals surface area contributed by atoms with E-state index in [2.05, 4.69) is 15.9 Å². The first-order valence-corrected chi connectivity index (χ1v) is 5.21. The molecule has 1 heterocycles. The first kappa shape index (κ1) is 8.72. The number of aromatic hydroxyl groups is 1. The van der Waals surface area contributed by atoms with Crippen molar-refractivity contribution in [2.75, 3.05) is 0 Å². The largest absolute Gasteiger partial charge is 0.503 e. The summed E-state index contributed by atoms with van der Waals surface area (Å²) in [6, 6.07) is 7.21. The second kappa shape index (κ2) is 3.12. The molecule has 4 heteroatoms.